The highest BCUT2D eigenvalue weighted by Gasteiger charge is 2.03. The van der Waals surface area contributed by atoms with Crippen molar-refractivity contribution in [2.24, 2.45) is 5.92 Å². The van der Waals surface area contributed by atoms with Crippen LogP contribution in [0.5, 0.6) is 0 Å². The maximum atomic E-state index is 4.54. The van der Waals surface area contributed by atoms with E-state index in [-0.39, 0.29) is 0 Å². The molecular formula is C14H23N5. The average molecular weight is 261 g/mol. The van der Waals surface area contributed by atoms with Crippen LogP contribution in [-0.2, 0) is 26.2 Å². The summed E-state index contributed by atoms with van der Waals surface area (Å²) in [6.07, 6.45) is 3.89. The monoisotopic (exact) mass is 261 g/mol. The van der Waals surface area contributed by atoms with E-state index in [9.17, 15) is 0 Å². The second kappa shape index (κ2) is 6.52. The molecule has 0 aliphatic rings. The molecule has 0 aliphatic heterocycles. The van der Waals surface area contributed by atoms with E-state index >= 15 is 0 Å². The first-order chi connectivity index (χ1) is 9.19. The van der Waals surface area contributed by atoms with Gasteiger partial charge < -0.3 is 5.32 Å². The molecule has 0 radical (unpaired) electrons. The van der Waals surface area contributed by atoms with Crippen LogP contribution in [0.25, 0.3) is 0 Å². The Balaban J connectivity index is 1.81. The Morgan fingerprint density at radius 3 is 2.84 bits per heavy atom. The summed E-state index contributed by atoms with van der Waals surface area (Å²) in [7, 11) is 0. The summed E-state index contributed by atoms with van der Waals surface area (Å²) < 4.78 is 4.02. The molecule has 0 fully saturated rings. The Hall–Kier alpha value is -1.62. The second-order valence-corrected chi connectivity index (χ2v) is 5.16. The van der Waals surface area contributed by atoms with Gasteiger partial charge in [0.05, 0.1) is 11.4 Å². The van der Waals surface area contributed by atoms with Gasteiger partial charge in [0, 0.05) is 38.6 Å². The molecule has 0 unspecified atom stereocenters. The summed E-state index contributed by atoms with van der Waals surface area (Å²) in [6.45, 7) is 10.0. The molecule has 0 aromatic carbocycles. The van der Waals surface area contributed by atoms with Crippen LogP contribution in [0.1, 0.15) is 32.2 Å². The van der Waals surface area contributed by atoms with Gasteiger partial charge in [-0.25, -0.2) is 0 Å². The topological polar surface area (TPSA) is 47.7 Å². The van der Waals surface area contributed by atoms with Gasteiger partial charge in [-0.05, 0) is 25.0 Å². The number of rotatable bonds is 7. The molecule has 2 rings (SSSR count). The van der Waals surface area contributed by atoms with E-state index in [2.05, 4.69) is 42.4 Å². The lowest BCUT2D eigenvalue weighted by Gasteiger charge is -2.06. The van der Waals surface area contributed by atoms with Crippen molar-refractivity contribution in [3.05, 3.63) is 35.9 Å². The predicted molar refractivity (Wildman–Crippen MR) is 75.5 cm³/mol. The van der Waals surface area contributed by atoms with E-state index in [0.717, 1.165) is 31.9 Å². The zero-order valence-electron chi connectivity index (χ0n) is 12.0. The summed E-state index contributed by atoms with van der Waals surface area (Å²) in [6, 6.07) is 4.13. The lowest BCUT2D eigenvalue weighted by molar-refractivity contribution is 0.477. The molecular weight excluding hydrogens is 238 g/mol. The van der Waals surface area contributed by atoms with Gasteiger partial charge in [0.15, 0.2) is 0 Å². The number of aryl methyl sites for hydroxylation is 1. The molecule has 0 atom stereocenters. The molecule has 104 valence electrons. The van der Waals surface area contributed by atoms with E-state index in [1.54, 1.807) is 0 Å². The van der Waals surface area contributed by atoms with Gasteiger partial charge in [-0.2, -0.15) is 10.2 Å². The van der Waals surface area contributed by atoms with Crippen molar-refractivity contribution >= 4 is 0 Å². The Bertz CT molecular complexity index is 497. The molecule has 19 heavy (non-hydrogen) atoms. The van der Waals surface area contributed by atoms with Crippen LogP contribution in [0.15, 0.2) is 24.5 Å². The van der Waals surface area contributed by atoms with E-state index in [1.807, 2.05) is 27.8 Å². The first-order valence-electron chi connectivity index (χ1n) is 6.92. The lowest BCUT2D eigenvalue weighted by Crippen LogP contribution is -2.16. The van der Waals surface area contributed by atoms with Crippen LogP contribution < -0.4 is 5.32 Å². The Morgan fingerprint density at radius 2 is 2.11 bits per heavy atom. The van der Waals surface area contributed by atoms with Crippen LogP contribution in [0.4, 0.5) is 0 Å². The van der Waals surface area contributed by atoms with Gasteiger partial charge in [-0.3, -0.25) is 9.36 Å². The average Bonchev–Trinajstić information content (AvgIpc) is 2.98. The predicted octanol–water partition coefficient (Wildman–Crippen LogP) is 2.05. The van der Waals surface area contributed by atoms with Crippen molar-refractivity contribution in [1.29, 1.82) is 0 Å². The van der Waals surface area contributed by atoms with Crippen molar-refractivity contribution in [1.82, 2.24) is 24.9 Å². The van der Waals surface area contributed by atoms with Gasteiger partial charge in [-0.15, -0.1) is 0 Å². The molecule has 0 saturated carbocycles. The third-order valence-electron chi connectivity index (χ3n) is 2.96. The summed E-state index contributed by atoms with van der Waals surface area (Å²) >= 11 is 0. The van der Waals surface area contributed by atoms with Crippen molar-refractivity contribution < 1.29 is 0 Å². The summed E-state index contributed by atoms with van der Waals surface area (Å²) in [4.78, 5) is 0. The molecule has 0 aliphatic carbocycles. The first kappa shape index (κ1) is 13.8. The third kappa shape index (κ3) is 3.92. The summed E-state index contributed by atoms with van der Waals surface area (Å²) in [5.74, 6) is 0.625. The molecule has 0 saturated heterocycles. The molecule has 5 nitrogen and oxygen atoms in total. The molecule has 0 bridgehead atoms. The minimum absolute atomic E-state index is 0.625. The Kier molecular flexibility index (Phi) is 4.74. The van der Waals surface area contributed by atoms with Gasteiger partial charge >= 0.3 is 0 Å². The fraction of sp³-hybridized carbons (Fsp3) is 0.571. The number of aromatic nitrogens is 4. The molecule has 0 amide bonds. The quantitative estimate of drug-likeness (QED) is 0.829. The molecule has 0 spiro atoms. The maximum absolute atomic E-state index is 4.54. The Morgan fingerprint density at radius 1 is 1.26 bits per heavy atom. The SMILES string of the molecule is CCn1nccc1CNCc1ccn(CC(C)C)n1. The van der Waals surface area contributed by atoms with E-state index in [1.165, 1.54) is 5.69 Å². The van der Waals surface area contributed by atoms with Crippen LogP contribution in [0.3, 0.4) is 0 Å². The fourth-order valence-electron chi connectivity index (χ4n) is 2.09. The number of hydrogen-bond donors (Lipinski definition) is 1. The normalized spacial score (nSPS) is 11.4. The largest absolute Gasteiger partial charge is 0.305 e. The molecule has 1 N–H and O–H groups in total. The van der Waals surface area contributed by atoms with Gasteiger partial charge in [-0.1, -0.05) is 13.8 Å². The third-order valence-corrected chi connectivity index (χ3v) is 2.96. The lowest BCUT2D eigenvalue weighted by atomic mass is 10.2. The van der Waals surface area contributed by atoms with Crippen molar-refractivity contribution in [3.8, 4) is 0 Å². The Labute approximate surface area is 114 Å². The summed E-state index contributed by atoms with van der Waals surface area (Å²) in [5.41, 5.74) is 2.30. The highest BCUT2D eigenvalue weighted by Crippen LogP contribution is 2.02. The number of hydrogen-bond acceptors (Lipinski definition) is 3. The minimum Gasteiger partial charge on any atom is -0.305 e. The second-order valence-electron chi connectivity index (χ2n) is 5.16. The van der Waals surface area contributed by atoms with Crippen molar-refractivity contribution in [2.45, 2.75) is 47.0 Å². The van der Waals surface area contributed by atoms with Gasteiger partial charge in [0.1, 0.15) is 0 Å². The molecule has 2 aromatic heterocycles. The van der Waals surface area contributed by atoms with Crippen LogP contribution in [-0.4, -0.2) is 19.6 Å². The van der Waals surface area contributed by atoms with Gasteiger partial charge in [0.2, 0.25) is 0 Å². The van der Waals surface area contributed by atoms with Gasteiger partial charge in [0.25, 0.3) is 0 Å². The summed E-state index contributed by atoms with van der Waals surface area (Å²) in [5, 5.41) is 12.2. The zero-order chi connectivity index (χ0) is 13.7. The van der Waals surface area contributed by atoms with Crippen LogP contribution in [0, 0.1) is 5.92 Å². The highest BCUT2D eigenvalue weighted by atomic mass is 15.3. The molecule has 2 aromatic rings. The minimum atomic E-state index is 0.625. The zero-order valence-corrected chi connectivity index (χ0v) is 12.0. The molecule has 2 heterocycles. The first-order valence-corrected chi connectivity index (χ1v) is 6.92. The smallest absolute Gasteiger partial charge is 0.0762 e. The maximum Gasteiger partial charge on any atom is 0.0762 e. The number of nitrogens with zero attached hydrogens (tertiary/aromatic N) is 4. The van der Waals surface area contributed by atoms with E-state index in [0.29, 0.717) is 5.92 Å². The highest BCUT2D eigenvalue weighted by molar-refractivity contribution is 5.02. The standard InChI is InChI=1S/C14H23N5/c1-4-19-14(5-7-16-19)10-15-9-13-6-8-18(17-13)11-12(2)3/h5-8,12,15H,4,9-11H2,1-3H3. The fourth-order valence-corrected chi connectivity index (χ4v) is 2.09. The number of nitrogens with one attached hydrogen (secondary N) is 1. The van der Waals surface area contributed by atoms with E-state index < -0.39 is 0 Å². The van der Waals surface area contributed by atoms with Crippen molar-refractivity contribution in [2.75, 3.05) is 0 Å². The molecule has 5 heteroatoms. The van der Waals surface area contributed by atoms with Crippen LogP contribution in [0.2, 0.25) is 0 Å². The van der Waals surface area contributed by atoms with E-state index in [4.69, 9.17) is 0 Å². The van der Waals surface area contributed by atoms with Crippen LogP contribution >= 0.6 is 0 Å². The van der Waals surface area contributed by atoms with Crippen molar-refractivity contribution in [3.63, 3.8) is 0 Å².